The third-order valence-electron chi connectivity index (χ3n) is 4.92. The van der Waals surface area contributed by atoms with Crippen LogP contribution in [0.5, 0.6) is 0 Å². The third kappa shape index (κ3) is 4.54. The van der Waals surface area contributed by atoms with E-state index in [0.29, 0.717) is 0 Å². The summed E-state index contributed by atoms with van der Waals surface area (Å²) >= 11 is 1.39. The van der Waals surface area contributed by atoms with E-state index in [4.69, 9.17) is 0 Å². The molecule has 0 fully saturated rings. The van der Waals surface area contributed by atoms with Gasteiger partial charge in [-0.3, -0.25) is 4.79 Å². The highest BCUT2D eigenvalue weighted by Gasteiger charge is 2.38. The molecule has 0 aliphatic carbocycles. The zero-order chi connectivity index (χ0) is 18.4. The highest BCUT2D eigenvalue weighted by Crippen LogP contribution is 2.34. The predicted molar refractivity (Wildman–Crippen MR) is 115 cm³/mol. The Morgan fingerprint density at radius 2 is 1.31 bits per heavy atom. The Labute approximate surface area is 161 Å². The Morgan fingerprint density at radius 3 is 1.88 bits per heavy atom. The lowest BCUT2D eigenvalue weighted by atomic mass is 10.1. The van der Waals surface area contributed by atoms with Gasteiger partial charge in [-0.05, 0) is 24.1 Å². The molecule has 0 heterocycles. The molecule has 132 valence electrons. The largest absolute Gasteiger partial charge is 0.287 e. The van der Waals surface area contributed by atoms with E-state index in [0.717, 1.165) is 11.3 Å². The van der Waals surface area contributed by atoms with Gasteiger partial charge in [-0.2, -0.15) is 0 Å². The Hall–Kier alpha value is -2.10. The van der Waals surface area contributed by atoms with Gasteiger partial charge >= 0.3 is 0 Å². The van der Waals surface area contributed by atoms with Gasteiger partial charge in [-0.15, -0.1) is 0 Å². The van der Waals surface area contributed by atoms with Crippen LogP contribution in [0, 0.1) is 0 Å². The topological polar surface area (TPSA) is 17.1 Å². The summed E-state index contributed by atoms with van der Waals surface area (Å²) in [7, 11) is -1.98. The predicted octanol–water partition coefficient (Wildman–Crippen LogP) is 5.53. The van der Waals surface area contributed by atoms with Crippen LogP contribution in [-0.2, 0) is 11.2 Å². The zero-order valence-corrected chi connectivity index (χ0v) is 17.1. The highest BCUT2D eigenvalue weighted by molar-refractivity contribution is 8.14. The van der Waals surface area contributed by atoms with Crippen LogP contribution in [0.1, 0.15) is 5.56 Å². The van der Waals surface area contributed by atoms with Crippen molar-refractivity contribution in [3.8, 4) is 0 Å². The number of rotatable bonds is 6. The van der Waals surface area contributed by atoms with Crippen LogP contribution in [0.4, 0.5) is 0 Å². The summed E-state index contributed by atoms with van der Waals surface area (Å²) in [5.41, 5.74) is 1.26. The van der Waals surface area contributed by atoms with Crippen molar-refractivity contribution in [1.82, 2.24) is 0 Å². The molecule has 26 heavy (non-hydrogen) atoms. The Bertz CT molecular complexity index is 832. The van der Waals surface area contributed by atoms with E-state index in [9.17, 15) is 4.79 Å². The van der Waals surface area contributed by atoms with Crippen LogP contribution >= 0.6 is 11.8 Å². The first kappa shape index (κ1) is 18.7. The Morgan fingerprint density at radius 1 is 0.808 bits per heavy atom. The molecule has 0 saturated carbocycles. The van der Waals surface area contributed by atoms with E-state index in [1.54, 1.807) is 0 Å². The first-order valence-electron chi connectivity index (χ1n) is 8.93. The van der Waals surface area contributed by atoms with Crippen molar-refractivity contribution in [3.05, 3.63) is 96.6 Å². The second kappa shape index (κ2) is 8.52. The maximum atomic E-state index is 13.3. The van der Waals surface area contributed by atoms with Crippen molar-refractivity contribution in [1.29, 1.82) is 0 Å². The van der Waals surface area contributed by atoms with Crippen molar-refractivity contribution in [2.24, 2.45) is 0 Å². The van der Waals surface area contributed by atoms with Gasteiger partial charge in [-0.1, -0.05) is 109 Å². The molecule has 0 unspecified atom stereocenters. The minimum atomic E-state index is -1.98. The molecule has 0 bridgehead atoms. The van der Waals surface area contributed by atoms with E-state index in [2.05, 4.69) is 61.6 Å². The highest BCUT2D eigenvalue weighted by atomic mass is 32.2. The molecule has 3 heteroatoms. The molecule has 0 radical (unpaired) electrons. The molecule has 0 spiro atoms. The van der Waals surface area contributed by atoms with E-state index in [1.807, 2.05) is 42.5 Å². The zero-order valence-electron chi connectivity index (χ0n) is 15.3. The van der Waals surface area contributed by atoms with Crippen molar-refractivity contribution >= 4 is 30.1 Å². The molecule has 0 aromatic heterocycles. The van der Waals surface area contributed by atoms with Crippen LogP contribution in [0.3, 0.4) is 0 Å². The number of carbonyl (C=O) groups excluding carboxylic acids is 1. The van der Waals surface area contributed by atoms with Crippen molar-refractivity contribution in [2.75, 3.05) is 0 Å². The molecule has 0 saturated heterocycles. The Kier molecular flexibility index (Phi) is 6.12. The fraction of sp³-hybridized carbons (Fsp3) is 0.174. The second-order valence-electron chi connectivity index (χ2n) is 7.06. The van der Waals surface area contributed by atoms with Gasteiger partial charge in [0.1, 0.15) is 0 Å². The first-order chi connectivity index (χ1) is 12.6. The fourth-order valence-corrected chi connectivity index (χ4v) is 7.83. The van der Waals surface area contributed by atoms with Gasteiger partial charge in [0.05, 0.1) is 8.07 Å². The van der Waals surface area contributed by atoms with Crippen LogP contribution in [0.2, 0.25) is 18.6 Å². The minimum Gasteiger partial charge on any atom is -0.287 e. The summed E-state index contributed by atoms with van der Waals surface area (Å²) in [5.74, 6) is 0. The second-order valence-corrected chi connectivity index (χ2v) is 12.9. The summed E-state index contributed by atoms with van der Waals surface area (Å²) in [5, 5.41) is 1.61. The number of hydrogen-bond donors (Lipinski definition) is 0. The maximum Gasteiger partial charge on any atom is 0.194 e. The summed E-state index contributed by atoms with van der Waals surface area (Å²) in [6.45, 7) is 4.64. The summed E-state index contributed by atoms with van der Waals surface area (Å²) in [4.78, 5) is 14.4. The molecule has 0 N–H and O–H groups in total. The van der Waals surface area contributed by atoms with Crippen molar-refractivity contribution < 1.29 is 4.79 Å². The van der Waals surface area contributed by atoms with Crippen molar-refractivity contribution in [2.45, 2.75) is 30.0 Å². The molecular weight excluding hydrogens is 352 g/mol. The number of hydrogen-bond acceptors (Lipinski definition) is 2. The van der Waals surface area contributed by atoms with Crippen LogP contribution in [0.15, 0.2) is 95.9 Å². The van der Waals surface area contributed by atoms with Crippen molar-refractivity contribution in [3.63, 3.8) is 0 Å². The molecule has 1 nitrogen and oxygen atoms in total. The van der Waals surface area contributed by atoms with E-state index in [1.165, 1.54) is 22.5 Å². The minimum absolute atomic E-state index is 0.0255. The van der Waals surface area contributed by atoms with Crippen LogP contribution in [0.25, 0.3) is 0 Å². The smallest absolute Gasteiger partial charge is 0.194 e. The summed E-state index contributed by atoms with van der Waals surface area (Å²) in [6, 6.07) is 31.0. The van der Waals surface area contributed by atoms with Gasteiger partial charge in [-0.25, -0.2) is 0 Å². The van der Waals surface area contributed by atoms with Gasteiger partial charge in [0, 0.05) is 10.4 Å². The molecule has 0 aliphatic heterocycles. The third-order valence-corrected chi connectivity index (χ3v) is 10.2. The average molecular weight is 377 g/mol. The monoisotopic (exact) mass is 376 g/mol. The van der Waals surface area contributed by atoms with Gasteiger partial charge in [0.25, 0.3) is 0 Å². The molecular formula is C23H24OSSi. The lowest BCUT2D eigenvalue weighted by Crippen LogP contribution is -2.49. The lowest BCUT2D eigenvalue weighted by molar-refractivity contribution is -0.111. The normalized spacial score (nSPS) is 12.5. The maximum absolute atomic E-state index is 13.3. The van der Waals surface area contributed by atoms with Gasteiger partial charge in [0.15, 0.2) is 5.12 Å². The SMILES string of the molecule is C[Si](C)(c1ccccc1)[C@@H](Cc1ccccc1)C(=O)Sc1ccccc1. The Balaban J connectivity index is 1.92. The van der Waals surface area contributed by atoms with Crippen LogP contribution < -0.4 is 5.19 Å². The molecule has 1 atom stereocenters. The number of benzene rings is 3. The van der Waals surface area contributed by atoms with E-state index < -0.39 is 8.07 Å². The molecule has 3 rings (SSSR count). The molecule has 0 amide bonds. The number of thioether (sulfide) groups is 1. The molecule has 3 aromatic carbocycles. The number of carbonyl (C=O) groups is 1. The van der Waals surface area contributed by atoms with E-state index in [-0.39, 0.29) is 10.7 Å². The van der Waals surface area contributed by atoms with Crippen LogP contribution in [-0.4, -0.2) is 13.2 Å². The molecule has 3 aromatic rings. The standard InChI is InChI=1S/C23H24OSSi/c1-26(2,21-16-10-5-11-17-21)22(18-19-12-6-3-7-13-19)23(24)25-20-14-8-4-9-15-20/h3-17,22H,18H2,1-2H3/t22-/m0/s1. The quantitative estimate of drug-likeness (QED) is 0.415. The summed E-state index contributed by atoms with van der Waals surface area (Å²) in [6.07, 6.45) is 0.799. The first-order valence-corrected chi connectivity index (χ1v) is 12.8. The van der Waals surface area contributed by atoms with E-state index >= 15 is 0 Å². The average Bonchev–Trinajstić information content (AvgIpc) is 2.68. The summed E-state index contributed by atoms with van der Waals surface area (Å²) < 4.78 is 0. The van der Waals surface area contributed by atoms with Gasteiger partial charge in [0.2, 0.25) is 0 Å². The lowest BCUT2D eigenvalue weighted by Gasteiger charge is -2.32. The molecule has 0 aliphatic rings. The fourth-order valence-electron chi connectivity index (χ4n) is 3.23. The van der Waals surface area contributed by atoms with Gasteiger partial charge < -0.3 is 0 Å².